The lowest BCUT2D eigenvalue weighted by Crippen LogP contribution is -2.46. The molecule has 1 saturated heterocycles. The smallest absolute Gasteiger partial charge is 0.333 e. The van der Waals surface area contributed by atoms with E-state index in [1.807, 2.05) is 41.0 Å². The Labute approximate surface area is 255 Å². The average Bonchev–Trinajstić information content (AvgIpc) is 3.29. The van der Waals surface area contributed by atoms with Gasteiger partial charge in [-0.2, -0.15) is 0 Å². The van der Waals surface area contributed by atoms with Crippen molar-refractivity contribution >= 4 is 28.5 Å². The number of carbonyl (C=O) groups excluding carboxylic acids is 1. The SMILES string of the molecule is Cc1ncc(Cl)cc1C(=O)NC1CCC(Cn2c(=O)n(-c3ccc(OCC4COCCN4C)nc3)c3ccccc32)CC1. The number of amides is 1. The van der Waals surface area contributed by atoms with Gasteiger partial charge in [-0.05, 0) is 69.8 Å². The van der Waals surface area contributed by atoms with Gasteiger partial charge in [-0.1, -0.05) is 23.7 Å². The summed E-state index contributed by atoms with van der Waals surface area (Å²) in [5, 5.41) is 3.60. The molecule has 11 heteroatoms. The van der Waals surface area contributed by atoms with Crippen LogP contribution in [0.2, 0.25) is 5.02 Å². The number of morpholine rings is 1. The number of para-hydroxylation sites is 2. The molecule has 1 saturated carbocycles. The fourth-order valence-electron chi connectivity index (χ4n) is 6.07. The highest BCUT2D eigenvalue weighted by atomic mass is 35.5. The predicted octanol–water partition coefficient (Wildman–Crippen LogP) is 4.24. The van der Waals surface area contributed by atoms with Gasteiger partial charge in [-0.15, -0.1) is 0 Å². The van der Waals surface area contributed by atoms with Crippen LogP contribution < -0.4 is 15.7 Å². The molecule has 4 heterocycles. The van der Waals surface area contributed by atoms with Crippen LogP contribution in [0.5, 0.6) is 5.88 Å². The molecule has 2 aliphatic rings. The van der Waals surface area contributed by atoms with Crippen LogP contribution in [-0.4, -0.2) is 75.4 Å². The van der Waals surface area contributed by atoms with Crippen LogP contribution in [-0.2, 0) is 11.3 Å². The second-order valence-electron chi connectivity index (χ2n) is 11.6. The minimum Gasteiger partial charge on any atom is -0.476 e. The van der Waals surface area contributed by atoms with E-state index >= 15 is 0 Å². The Bertz CT molecular complexity index is 1640. The number of aryl methyl sites for hydroxylation is 1. The summed E-state index contributed by atoms with van der Waals surface area (Å²) in [4.78, 5) is 37.6. The summed E-state index contributed by atoms with van der Waals surface area (Å²) in [6.45, 7) is 5.18. The zero-order valence-corrected chi connectivity index (χ0v) is 25.3. The first-order valence-corrected chi connectivity index (χ1v) is 15.3. The van der Waals surface area contributed by atoms with Gasteiger partial charge in [0.15, 0.2) is 0 Å². The maximum absolute atomic E-state index is 13.8. The number of benzene rings is 1. The van der Waals surface area contributed by atoms with Gasteiger partial charge in [0.2, 0.25) is 5.88 Å². The molecule has 1 amide bonds. The van der Waals surface area contributed by atoms with Gasteiger partial charge < -0.3 is 14.8 Å². The number of halogens is 1. The van der Waals surface area contributed by atoms with Gasteiger partial charge in [-0.3, -0.25) is 23.8 Å². The van der Waals surface area contributed by atoms with Gasteiger partial charge in [0, 0.05) is 31.4 Å². The number of hydrogen-bond donors (Lipinski definition) is 1. The molecule has 0 bridgehead atoms. The van der Waals surface area contributed by atoms with E-state index in [0.717, 1.165) is 49.9 Å². The van der Waals surface area contributed by atoms with Crippen molar-refractivity contribution in [2.75, 3.05) is 33.4 Å². The molecule has 6 rings (SSSR count). The summed E-state index contributed by atoms with van der Waals surface area (Å²) in [7, 11) is 2.07. The third-order valence-corrected chi connectivity index (χ3v) is 8.89. The number of hydrogen-bond acceptors (Lipinski definition) is 7. The first kappa shape index (κ1) is 29.3. The predicted molar refractivity (Wildman–Crippen MR) is 165 cm³/mol. The zero-order chi connectivity index (χ0) is 29.9. The van der Waals surface area contributed by atoms with Gasteiger partial charge >= 0.3 is 5.69 Å². The van der Waals surface area contributed by atoms with Crippen LogP contribution in [0.1, 0.15) is 41.7 Å². The van der Waals surface area contributed by atoms with Crippen molar-refractivity contribution < 1.29 is 14.3 Å². The summed E-state index contributed by atoms with van der Waals surface area (Å²) >= 11 is 6.06. The average molecular weight is 605 g/mol. The second-order valence-corrected chi connectivity index (χ2v) is 12.0. The van der Waals surface area contributed by atoms with E-state index in [0.29, 0.717) is 53.5 Å². The van der Waals surface area contributed by atoms with Crippen molar-refractivity contribution in [3.05, 3.63) is 81.6 Å². The molecule has 1 N–H and O–H groups in total. The van der Waals surface area contributed by atoms with Crippen LogP contribution in [0.15, 0.2) is 59.7 Å². The molecule has 2 fully saturated rings. The molecule has 3 aromatic heterocycles. The number of nitrogens with one attached hydrogen (secondary N) is 1. The monoisotopic (exact) mass is 604 g/mol. The molecular weight excluding hydrogens is 568 g/mol. The van der Waals surface area contributed by atoms with E-state index in [-0.39, 0.29) is 23.7 Å². The van der Waals surface area contributed by atoms with Gasteiger partial charge in [0.1, 0.15) is 6.61 Å². The Morgan fingerprint density at radius 3 is 2.63 bits per heavy atom. The fraction of sp³-hybridized carbons (Fsp3) is 0.438. The number of ether oxygens (including phenoxy) is 2. The van der Waals surface area contributed by atoms with E-state index in [9.17, 15) is 9.59 Å². The molecule has 0 spiro atoms. The third kappa shape index (κ3) is 6.46. The minimum absolute atomic E-state index is 0.0815. The van der Waals surface area contributed by atoms with Gasteiger partial charge in [-0.25, -0.2) is 9.78 Å². The van der Waals surface area contributed by atoms with Gasteiger partial charge in [0.05, 0.1) is 58.5 Å². The van der Waals surface area contributed by atoms with E-state index in [2.05, 4.69) is 27.2 Å². The lowest BCUT2D eigenvalue weighted by atomic mass is 9.85. The van der Waals surface area contributed by atoms with Crippen molar-refractivity contribution in [1.29, 1.82) is 0 Å². The summed E-state index contributed by atoms with van der Waals surface area (Å²) in [6.07, 6.45) is 6.78. The Kier molecular flexibility index (Phi) is 8.78. The number of imidazole rings is 1. The number of pyridine rings is 2. The molecule has 0 radical (unpaired) electrons. The van der Waals surface area contributed by atoms with Crippen molar-refractivity contribution in [3.8, 4) is 11.6 Å². The molecule has 1 aromatic carbocycles. The third-order valence-electron chi connectivity index (χ3n) is 8.68. The largest absolute Gasteiger partial charge is 0.476 e. The number of rotatable bonds is 8. The molecule has 1 aliphatic heterocycles. The molecule has 1 unspecified atom stereocenters. The molecular formula is C32H37ClN6O4. The minimum atomic E-state index is -0.143. The summed E-state index contributed by atoms with van der Waals surface area (Å²) < 4.78 is 15.1. The first-order valence-electron chi connectivity index (χ1n) is 14.9. The normalized spacial score (nSPS) is 21.1. The molecule has 1 atom stereocenters. The topological polar surface area (TPSA) is 104 Å². The van der Waals surface area contributed by atoms with Crippen LogP contribution in [0, 0.1) is 12.8 Å². The van der Waals surface area contributed by atoms with Crippen LogP contribution in [0.4, 0.5) is 0 Å². The molecule has 1 aliphatic carbocycles. The number of aromatic nitrogens is 4. The Morgan fingerprint density at radius 1 is 1.09 bits per heavy atom. The van der Waals surface area contributed by atoms with Crippen molar-refractivity contribution in [2.45, 2.75) is 51.2 Å². The van der Waals surface area contributed by atoms with Crippen molar-refractivity contribution in [1.82, 2.24) is 29.3 Å². The number of nitrogens with zero attached hydrogens (tertiary/aromatic N) is 5. The summed E-state index contributed by atoms with van der Waals surface area (Å²) in [5.41, 5.74) is 3.52. The summed E-state index contributed by atoms with van der Waals surface area (Å²) in [5.74, 6) is 0.705. The number of fused-ring (bicyclic) bond motifs is 1. The van der Waals surface area contributed by atoms with Crippen LogP contribution >= 0.6 is 11.6 Å². The highest BCUT2D eigenvalue weighted by Crippen LogP contribution is 2.28. The van der Waals surface area contributed by atoms with Crippen molar-refractivity contribution in [3.63, 3.8) is 0 Å². The van der Waals surface area contributed by atoms with E-state index in [1.54, 1.807) is 30.0 Å². The maximum Gasteiger partial charge on any atom is 0.333 e. The maximum atomic E-state index is 13.8. The Morgan fingerprint density at radius 2 is 1.88 bits per heavy atom. The first-order chi connectivity index (χ1) is 20.9. The number of carbonyl (C=O) groups is 1. The lowest BCUT2D eigenvalue weighted by molar-refractivity contribution is -0.0113. The number of likely N-dealkylation sites (N-methyl/N-ethyl adjacent to an activating group) is 1. The van der Waals surface area contributed by atoms with E-state index in [4.69, 9.17) is 21.1 Å². The van der Waals surface area contributed by atoms with Crippen LogP contribution in [0.25, 0.3) is 16.7 Å². The summed E-state index contributed by atoms with van der Waals surface area (Å²) in [6, 6.07) is 13.5. The van der Waals surface area contributed by atoms with E-state index < -0.39 is 0 Å². The zero-order valence-electron chi connectivity index (χ0n) is 24.5. The highest BCUT2D eigenvalue weighted by molar-refractivity contribution is 6.30. The quantitative estimate of drug-likeness (QED) is 0.321. The second kappa shape index (κ2) is 12.9. The molecule has 10 nitrogen and oxygen atoms in total. The van der Waals surface area contributed by atoms with Crippen LogP contribution in [0.3, 0.4) is 0 Å². The van der Waals surface area contributed by atoms with Crippen molar-refractivity contribution in [2.24, 2.45) is 5.92 Å². The highest BCUT2D eigenvalue weighted by Gasteiger charge is 2.26. The Balaban J connectivity index is 1.12. The lowest BCUT2D eigenvalue weighted by Gasteiger charge is -2.31. The van der Waals surface area contributed by atoms with E-state index in [1.165, 1.54) is 0 Å². The van der Waals surface area contributed by atoms with Gasteiger partial charge in [0.25, 0.3) is 5.91 Å². The standard InChI is InChI=1S/C32H37ClN6O4/c1-21-27(15-23(33)16-34-21)31(40)36-24-9-7-22(8-10-24)18-38-28-5-3-4-6-29(28)39(32(38)41)25-11-12-30(35-17-25)43-20-26-19-42-14-13-37(26)2/h3-6,11-12,15-17,22,24,26H,7-10,13-14,18-20H2,1-2H3,(H,36,40). The fourth-order valence-corrected chi connectivity index (χ4v) is 6.23. The molecule has 43 heavy (non-hydrogen) atoms. The Hall–Kier alpha value is -3.73. The molecule has 4 aromatic rings. The molecule has 226 valence electrons.